The number of aryl methyl sites for hydroxylation is 3. The van der Waals surface area contributed by atoms with E-state index in [0.29, 0.717) is 16.3 Å². The van der Waals surface area contributed by atoms with Crippen LogP contribution in [0.1, 0.15) is 34.0 Å². The van der Waals surface area contributed by atoms with E-state index in [1.165, 1.54) is 16.9 Å². The zero-order valence-corrected chi connectivity index (χ0v) is 18.4. The molecule has 0 saturated carbocycles. The predicted molar refractivity (Wildman–Crippen MR) is 120 cm³/mol. The summed E-state index contributed by atoms with van der Waals surface area (Å²) in [6, 6.07) is 13.5. The van der Waals surface area contributed by atoms with Crippen LogP contribution in [0.5, 0.6) is 5.75 Å². The lowest BCUT2D eigenvalue weighted by Gasteiger charge is -2.10. The molecule has 5 nitrogen and oxygen atoms in total. The molecule has 0 spiro atoms. The van der Waals surface area contributed by atoms with Crippen LogP contribution in [-0.2, 0) is 9.53 Å². The van der Waals surface area contributed by atoms with E-state index in [1.54, 1.807) is 13.0 Å². The summed E-state index contributed by atoms with van der Waals surface area (Å²) in [5.74, 6) is -0.171. The predicted octanol–water partition coefficient (Wildman–Crippen LogP) is 5.53. The fourth-order valence-electron chi connectivity index (χ4n) is 2.99. The number of ether oxygens (including phenoxy) is 2. The third kappa shape index (κ3) is 5.07. The summed E-state index contributed by atoms with van der Waals surface area (Å²) in [7, 11) is 0. The van der Waals surface area contributed by atoms with Gasteiger partial charge in [0.1, 0.15) is 16.3 Å². The molecule has 1 heterocycles. The molecule has 0 aliphatic heterocycles. The Bertz CT molecular complexity index is 1070. The minimum Gasteiger partial charge on any atom is -0.484 e. The molecule has 6 heteroatoms. The lowest BCUT2D eigenvalue weighted by molar-refractivity contribution is -0.118. The highest BCUT2D eigenvalue weighted by Gasteiger charge is 2.23. The molecular weight excluding hydrogens is 398 g/mol. The third-order valence-electron chi connectivity index (χ3n) is 4.70. The second-order valence-corrected chi connectivity index (χ2v) is 7.91. The molecule has 0 bridgehead atoms. The van der Waals surface area contributed by atoms with Gasteiger partial charge in [0.25, 0.3) is 5.91 Å². The van der Waals surface area contributed by atoms with Gasteiger partial charge >= 0.3 is 5.97 Å². The van der Waals surface area contributed by atoms with Gasteiger partial charge in [0.05, 0.1) is 6.61 Å². The van der Waals surface area contributed by atoms with Gasteiger partial charge in [0.2, 0.25) is 0 Å². The summed E-state index contributed by atoms with van der Waals surface area (Å²) in [6.45, 7) is 7.89. The zero-order valence-electron chi connectivity index (χ0n) is 17.6. The van der Waals surface area contributed by atoms with E-state index >= 15 is 0 Å². The van der Waals surface area contributed by atoms with Crippen molar-refractivity contribution in [1.82, 2.24) is 0 Å². The first-order chi connectivity index (χ1) is 14.4. The molecule has 2 aromatic carbocycles. The fraction of sp³-hybridized carbons (Fsp3) is 0.250. The lowest BCUT2D eigenvalue weighted by atomic mass is 9.99. The maximum absolute atomic E-state index is 12.7. The Kier molecular flexibility index (Phi) is 6.90. The van der Waals surface area contributed by atoms with E-state index in [4.69, 9.17) is 9.47 Å². The van der Waals surface area contributed by atoms with Crippen LogP contribution in [0.3, 0.4) is 0 Å². The fourth-order valence-corrected chi connectivity index (χ4v) is 3.97. The smallest absolute Gasteiger partial charge is 0.341 e. The number of thiophene rings is 1. The minimum absolute atomic E-state index is 0.150. The molecule has 3 rings (SSSR count). The third-order valence-corrected chi connectivity index (χ3v) is 5.60. The van der Waals surface area contributed by atoms with Crippen molar-refractivity contribution in [2.75, 3.05) is 18.5 Å². The first kappa shape index (κ1) is 21.6. The van der Waals surface area contributed by atoms with Crippen molar-refractivity contribution >= 4 is 28.2 Å². The number of nitrogens with one attached hydrogen (secondary N) is 1. The number of anilines is 1. The van der Waals surface area contributed by atoms with Crippen molar-refractivity contribution in [2.45, 2.75) is 27.7 Å². The molecule has 0 radical (unpaired) electrons. The summed E-state index contributed by atoms with van der Waals surface area (Å²) in [4.78, 5) is 25.1. The number of hydrogen-bond donors (Lipinski definition) is 1. The van der Waals surface area contributed by atoms with Crippen molar-refractivity contribution in [1.29, 1.82) is 0 Å². The second-order valence-electron chi connectivity index (χ2n) is 7.03. The summed E-state index contributed by atoms with van der Waals surface area (Å²) in [6.07, 6.45) is 0. The lowest BCUT2D eigenvalue weighted by Crippen LogP contribution is -2.21. The minimum atomic E-state index is -0.457. The maximum Gasteiger partial charge on any atom is 0.341 e. The molecule has 1 N–H and O–H groups in total. The standard InChI is InChI=1S/C24H25NO4S/c1-5-28-24(27)22-20(18-10-9-16(3)17(4)12-18)14-30-23(22)25-21(26)13-29-19-8-6-7-15(2)11-19/h6-12,14H,5,13H2,1-4H3,(H,25,26). The number of carbonyl (C=O) groups excluding carboxylic acids is 2. The molecule has 0 aliphatic carbocycles. The van der Waals surface area contributed by atoms with Gasteiger partial charge in [-0.1, -0.05) is 30.3 Å². The number of benzene rings is 2. The van der Waals surface area contributed by atoms with Crippen LogP contribution >= 0.6 is 11.3 Å². The van der Waals surface area contributed by atoms with Gasteiger partial charge in [-0.2, -0.15) is 0 Å². The normalized spacial score (nSPS) is 10.5. The van der Waals surface area contributed by atoms with Gasteiger partial charge in [0.15, 0.2) is 6.61 Å². The highest BCUT2D eigenvalue weighted by molar-refractivity contribution is 7.15. The van der Waals surface area contributed by atoms with Gasteiger partial charge < -0.3 is 14.8 Å². The van der Waals surface area contributed by atoms with Crippen molar-refractivity contribution in [3.63, 3.8) is 0 Å². The maximum atomic E-state index is 12.7. The van der Waals surface area contributed by atoms with E-state index < -0.39 is 5.97 Å². The van der Waals surface area contributed by atoms with E-state index in [-0.39, 0.29) is 19.1 Å². The van der Waals surface area contributed by atoms with Gasteiger partial charge in [-0.25, -0.2) is 4.79 Å². The molecular formula is C24H25NO4S. The molecule has 0 atom stereocenters. The van der Waals surface area contributed by atoms with E-state index in [9.17, 15) is 9.59 Å². The summed E-state index contributed by atoms with van der Waals surface area (Å²) in [5, 5.41) is 5.13. The number of carbonyl (C=O) groups is 2. The average molecular weight is 424 g/mol. The summed E-state index contributed by atoms with van der Waals surface area (Å²) >= 11 is 1.30. The first-order valence-electron chi connectivity index (χ1n) is 9.74. The molecule has 156 valence electrons. The van der Waals surface area contributed by atoms with Crippen molar-refractivity contribution in [3.05, 3.63) is 70.1 Å². The Hall–Kier alpha value is -3.12. The summed E-state index contributed by atoms with van der Waals surface area (Å²) in [5.41, 5.74) is 5.38. The van der Waals surface area contributed by atoms with Gasteiger partial charge in [0, 0.05) is 10.9 Å². The van der Waals surface area contributed by atoms with Gasteiger partial charge in [-0.15, -0.1) is 11.3 Å². The quantitative estimate of drug-likeness (QED) is 0.507. The molecule has 0 fully saturated rings. The summed E-state index contributed by atoms with van der Waals surface area (Å²) < 4.78 is 10.8. The second kappa shape index (κ2) is 9.59. The number of rotatable bonds is 7. The van der Waals surface area contributed by atoms with Crippen LogP contribution in [0, 0.1) is 20.8 Å². The van der Waals surface area contributed by atoms with Crippen LogP contribution in [0.25, 0.3) is 11.1 Å². The average Bonchev–Trinajstić information content (AvgIpc) is 3.12. The Morgan fingerprint density at radius 3 is 2.53 bits per heavy atom. The van der Waals surface area contributed by atoms with Gasteiger partial charge in [-0.3, -0.25) is 4.79 Å². The van der Waals surface area contributed by atoms with Crippen LogP contribution in [0.15, 0.2) is 47.8 Å². The largest absolute Gasteiger partial charge is 0.484 e. The number of amides is 1. The molecule has 1 aromatic heterocycles. The van der Waals surface area contributed by atoms with Crippen molar-refractivity contribution in [3.8, 4) is 16.9 Å². The highest BCUT2D eigenvalue weighted by Crippen LogP contribution is 2.37. The number of hydrogen-bond acceptors (Lipinski definition) is 5. The van der Waals surface area contributed by atoms with E-state index in [0.717, 1.165) is 22.3 Å². The Balaban J connectivity index is 1.83. The molecule has 3 aromatic rings. The molecule has 0 aliphatic rings. The monoisotopic (exact) mass is 423 g/mol. The Labute approximate surface area is 180 Å². The van der Waals surface area contributed by atoms with E-state index in [2.05, 4.69) is 5.32 Å². The Morgan fingerprint density at radius 1 is 1.03 bits per heavy atom. The van der Waals surface area contributed by atoms with Crippen LogP contribution < -0.4 is 10.1 Å². The molecule has 30 heavy (non-hydrogen) atoms. The van der Waals surface area contributed by atoms with Gasteiger partial charge in [-0.05, 0) is 62.1 Å². The van der Waals surface area contributed by atoms with E-state index in [1.807, 2.05) is 62.5 Å². The van der Waals surface area contributed by atoms with Crippen molar-refractivity contribution < 1.29 is 19.1 Å². The van der Waals surface area contributed by atoms with Crippen LogP contribution in [0.4, 0.5) is 5.00 Å². The SMILES string of the molecule is CCOC(=O)c1c(-c2ccc(C)c(C)c2)csc1NC(=O)COc1cccc(C)c1. The highest BCUT2D eigenvalue weighted by atomic mass is 32.1. The molecule has 1 amide bonds. The first-order valence-corrected chi connectivity index (χ1v) is 10.6. The van der Waals surface area contributed by atoms with Crippen molar-refractivity contribution in [2.24, 2.45) is 0 Å². The topological polar surface area (TPSA) is 64.6 Å². The molecule has 0 unspecified atom stereocenters. The molecule has 0 saturated heterocycles. The van der Waals surface area contributed by atoms with Crippen LogP contribution in [-0.4, -0.2) is 25.1 Å². The van der Waals surface area contributed by atoms with Crippen LogP contribution in [0.2, 0.25) is 0 Å². The number of esters is 1. The Morgan fingerprint density at radius 2 is 1.83 bits per heavy atom. The zero-order chi connectivity index (χ0) is 21.7.